The maximum absolute atomic E-state index is 12.3. The molecule has 0 saturated carbocycles. The van der Waals surface area contributed by atoms with Crippen LogP contribution in [0.25, 0.3) is 0 Å². The van der Waals surface area contributed by atoms with Crippen molar-refractivity contribution in [1.82, 2.24) is 4.98 Å². The number of sulfone groups is 1. The van der Waals surface area contributed by atoms with E-state index in [1.165, 1.54) is 29.6 Å². The van der Waals surface area contributed by atoms with Crippen LogP contribution in [0.4, 0.5) is 29.7 Å². The number of nitrogens with one attached hydrogen (secondary N) is 2. The zero-order valence-corrected chi connectivity index (χ0v) is 16.9. The fraction of sp³-hybridized carbons (Fsp3) is 0.111. The van der Waals surface area contributed by atoms with Gasteiger partial charge in [0.05, 0.1) is 4.90 Å². The average molecular weight is 457 g/mol. The number of hydrogen-bond donors (Lipinski definition) is 2. The Labute approximate surface area is 173 Å². The van der Waals surface area contributed by atoms with Crippen molar-refractivity contribution in [2.24, 2.45) is 0 Å². The predicted molar refractivity (Wildman–Crippen MR) is 106 cm³/mol. The van der Waals surface area contributed by atoms with Crippen molar-refractivity contribution in [2.75, 3.05) is 16.9 Å². The normalized spacial score (nSPS) is 11.7. The van der Waals surface area contributed by atoms with Crippen LogP contribution in [0.2, 0.25) is 0 Å². The van der Waals surface area contributed by atoms with Crippen LogP contribution in [-0.2, 0) is 9.84 Å². The lowest BCUT2D eigenvalue weighted by Crippen LogP contribution is -2.17. The summed E-state index contributed by atoms with van der Waals surface area (Å²) in [5.74, 6) is -0.946. The minimum absolute atomic E-state index is 0.103. The van der Waals surface area contributed by atoms with Crippen LogP contribution in [0.5, 0.6) is 5.75 Å². The lowest BCUT2D eigenvalue weighted by atomic mass is 10.3. The van der Waals surface area contributed by atoms with Crippen LogP contribution >= 0.6 is 11.3 Å². The van der Waals surface area contributed by atoms with Crippen LogP contribution in [0.15, 0.2) is 58.8 Å². The molecule has 7 nitrogen and oxygen atoms in total. The summed E-state index contributed by atoms with van der Waals surface area (Å²) in [6.07, 6.45) is -3.68. The second kappa shape index (κ2) is 8.32. The van der Waals surface area contributed by atoms with Crippen molar-refractivity contribution in [3.8, 4) is 5.75 Å². The van der Waals surface area contributed by atoms with Gasteiger partial charge in [0.1, 0.15) is 11.4 Å². The highest BCUT2D eigenvalue weighted by molar-refractivity contribution is 7.90. The van der Waals surface area contributed by atoms with Gasteiger partial charge in [-0.2, -0.15) is 0 Å². The molecule has 0 atom stereocenters. The summed E-state index contributed by atoms with van der Waals surface area (Å²) in [6, 6.07) is 10.7. The molecule has 0 aliphatic heterocycles. The van der Waals surface area contributed by atoms with Gasteiger partial charge >= 0.3 is 6.36 Å². The Balaban J connectivity index is 1.62. The van der Waals surface area contributed by atoms with Crippen molar-refractivity contribution >= 4 is 43.6 Å². The number of hydrogen-bond acceptors (Lipinski definition) is 7. The number of rotatable bonds is 6. The average Bonchev–Trinajstić information content (AvgIpc) is 3.10. The lowest BCUT2D eigenvalue weighted by Gasteiger charge is -2.09. The van der Waals surface area contributed by atoms with E-state index in [0.717, 1.165) is 29.7 Å². The van der Waals surface area contributed by atoms with Gasteiger partial charge in [-0.3, -0.25) is 4.79 Å². The highest BCUT2D eigenvalue weighted by Gasteiger charge is 2.31. The summed E-state index contributed by atoms with van der Waals surface area (Å²) in [4.78, 5) is 16.6. The highest BCUT2D eigenvalue weighted by atomic mass is 32.2. The number of carbonyl (C=O) groups is 1. The molecule has 2 N–H and O–H groups in total. The van der Waals surface area contributed by atoms with E-state index < -0.39 is 27.9 Å². The number of halogens is 3. The third-order valence-corrected chi connectivity index (χ3v) is 5.50. The van der Waals surface area contributed by atoms with E-state index in [1.54, 1.807) is 12.1 Å². The molecule has 12 heteroatoms. The largest absolute Gasteiger partial charge is 0.573 e. The van der Waals surface area contributed by atoms with Gasteiger partial charge in [0.2, 0.25) is 0 Å². The predicted octanol–water partition coefficient (Wildman–Crippen LogP) is 4.44. The van der Waals surface area contributed by atoms with Gasteiger partial charge < -0.3 is 15.4 Å². The van der Waals surface area contributed by atoms with Crippen molar-refractivity contribution < 1.29 is 31.1 Å². The van der Waals surface area contributed by atoms with E-state index in [1.807, 2.05) is 0 Å². The summed E-state index contributed by atoms with van der Waals surface area (Å²) in [7, 11) is -3.30. The minimum Gasteiger partial charge on any atom is -0.406 e. The smallest absolute Gasteiger partial charge is 0.406 e. The molecule has 1 heterocycles. The highest BCUT2D eigenvalue weighted by Crippen LogP contribution is 2.25. The Morgan fingerprint density at radius 1 is 1.03 bits per heavy atom. The number of amides is 1. The molecule has 1 amide bonds. The van der Waals surface area contributed by atoms with Crippen LogP contribution in [0.1, 0.15) is 10.5 Å². The first-order valence-electron chi connectivity index (χ1n) is 8.19. The van der Waals surface area contributed by atoms with E-state index in [9.17, 15) is 26.4 Å². The van der Waals surface area contributed by atoms with Crippen molar-refractivity contribution in [3.63, 3.8) is 0 Å². The van der Waals surface area contributed by atoms with Crippen molar-refractivity contribution in [1.29, 1.82) is 0 Å². The van der Waals surface area contributed by atoms with Crippen LogP contribution < -0.4 is 15.4 Å². The first-order valence-corrected chi connectivity index (χ1v) is 11.0. The molecule has 3 rings (SSSR count). The first kappa shape index (κ1) is 21.6. The molecule has 0 fully saturated rings. The van der Waals surface area contributed by atoms with E-state index in [0.29, 0.717) is 10.8 Å². The number of ether oxygens (including phenoxy) is 1. The van der Waals surface area contributed by atoms with E-state index in [-0.39, 0.29) is 16.3 Å². The Bertz CT molecular complexity index is 1140. The number of aromatic nitrogens is 1. The standard InChI is InChI=1S/C18H14F3N3O4S2/c1-30(26,27)14-8-4-12(5-9-14)23-17-24-15(10-29-17)16(25)22-11-2-6-13(7-3-11)28-18(19,20)21/h2-10H,1H3,(H,22,25)(H,23,24). The number of benzene rings is 2. The second-order valence-electron chi connectivity index (χ2n) is 5.99. The maximum atomic E-state index is 12.3. The number of alkyl halides is 3. The number of anilines is 3. The number of nitrogens with zero attached hydrogens (tertiary/aromatic N) is 1. The summed E-state index contributed by atoms with van der Waals surface area (Å²) >= 11 is 1.16. The molecule has 1 aromatic heterocycles. The number of carbonyl (C=O) groups excluding carboxylic acids is 1. The van der Waals surface area contributed by atoms with Gasteiger partial charge in [0.25, 0.3) is 5.91 Å². The van der Waals surface area contributed by atoms with Gasteiger partial charge in [-0.25, -0.2) is 13.4 Å². The lowest BCUT2D eigenvalue weighted by molar-refractivity contribution is -0.274. The Kier molecular flexibility index (Phi) is 5.99. The molecule has 0 saturated heterocycles. The summed E-state index contributed by atoms with van der Waals surface area (Å²) in [5, 5.41) is 7.39. The molecule has 0 unspecified atom stereocenters. The molecule has 0 bridgehead atoms. The minimum atomic E-state index is -4.79. The summed E-state index contributed by atoms with van der Waals surface area (Å²) in [6.45, 7) is 0. The molecular formula is C18H14F3N3O4S2. The van der Waals surface area contributed by atoms with Crippen molar-refractivity contribution in [2.45, 2.75) is 11.3 Å². The van der Waals surface area contributed by atoms with Crippen LogP contribution in [0.3, 0.4) is 0 Å². The van der Waals surface area contributed by atoms with Crippen molar-refractivity contribution in [3.05, 3.63) is 59.6 Å². The molecule has 3 aromatic rings. The number of thiazole rings is 1. The maximum Gasteiger partial charge on any atom is 0.573 e. The molecular weight excluding hydrogens is 443 g/mol. The molecule has 0 aliphatic rings. The van der Waals surface area contributed by atoms with Crippen LogP contribution in [0, 0.1) is 0 Å². The molecule has 0 radical (unpaired) electrons. The fourth-order valence-corrected chi connectivity index (χ4v) is 3.62. The van der Waals surface area contributed by atoms with Gasteiger partial charge in [-0.05, 0) is 48.5 Å². The van der Waals surface area contributed by atoms with Gasteiger partial charge in [0, 0.05) is 23.0 Å². The molecule has 158 valence electrons. The first-order chi connectivity index (χ1) is 14.0. The molecule has 2 aromatic carbocycles. The third kappa shape index (κ3) is 5.94. The Hall–Kier alpha value is -3.12. The van der Waals surface area contributed by atoms with Crippen LogP contribution in [-0.4, -0.2) is 31.9 Å². The zero-order chi connectivity index (χ0) is 21.9. The SMILES string of the molecule is CS(=O)(=O)c1ccc(Nc2nc(C(=O)Nc3ccc(OC(F)(F)F)cc3)cs2)cc1. The fourth-order valence-electron chi connectivity index (χ4n) is 2.28. The zero-order valence-electron chi connectivity index (χ0n) is 15.2. The second-order valence-corrected chi connectivity index (χ2v) is 8.86. The van der Waals surface area contributed by atoms with Gasteiger partial charge in [0.15, 0.2) is 15.0 Å². The molecule has 30 heavy (non-hydrogen) atoms. The molecule has 0 spiro atoms. The summed E-state index contributed by atoms with van der Waals surface area (Å²) in [5.41, 5.74) is 0.961. The summed E-state index contributed by atoms with van der Waals surface area (Å²) < 4.78 is 63.2. The topological polar surface area (TPSA) is 97.4 Å². The molecule has 0 aliphatic carbocycles. The van der Waals surface area contributed by atoms with E-state index >= 15 is 0 Å². The Morgan fingerprint density at radius 3 is 2.20 bits per heavy atom. The third-order valence-electron chi connectivity index (χ3n) is 3.62. The Morgan fingerprint density at radius 2 is 1.63 bits per heavy atom. The quantitative estimate of drug-likeness (QED) is 0.568. The van der Waals surface area contributed by atoms with E-state index in [2.05, 4.69) is 20.4 Å². The van der Waals surface area contributed by atoms with E-state index in [4.69, 9.17) is 0 Å². The van der Waals surface area contributed by atoms with Gasteiger partial charge in [-0.1, -0.05) is 0 Å². The van der Waals surface area contributed by atoms with Gasteiger partial charge in [-0.15, -0.1) is 24.5 Å². The monoisotopic (exact) mass is 457 g/mol.